The van der Waals surface area contributed by atoms with Crippen molar-refractivity contribution in [2.75, 3.05) is 0 Å². The van der Waals surface area contributed by atoms with Gasteiger partial charge in [-0.3, -0.25) is 4.57 Å². The Morgan fingerprint density at radius 1 is 0.527 bits per heavy atom. The van der Waals surface area contributed by atoms with E-state index in [0.29, 0.717) is 5.92 Å². The van der Waals surface area contributed by atoms with Gasteiger partial charge >= 0.3 is 0 Å². The van der Waals surface area contributed by atoms with Crippen molar-refractivity contribution in [3.63, 3.8) is 0 Å². The predicted molar refractivity (Wildman–Crippen MR) is 231 cm³/mol. The molecule has 55 heavy (non-hydrogen) atoms. The second-order valence-corrected chi connectivity index (χ2v) is 15.3. The smallest absolute Gasteiger partial charge is 0.162 e. The maximum absolute atomic E-state index is 5.71. The lowest BCUT2D eigenvalue weighted by Gasteiger charge is -2.24. The number of rotatable bonds is 2. The maximum atomic E-state index is 5.71. The molecule has 1 unspecified atom stereocenters. The number of hydrogen-bond acceptors (Lipinski definition) is 2. The molecule has 0 amide bonds. The molecule has 0 saturated carbocycles. The van der Waals surface area contributed by atoms with Crippen molar-refractivity contribution in [3.8, 4) is 17.2 Å². The van der Waals surface area contributed by atoms with Crippen molar-refractivity contribution in [3.05, 3.63) is 163 Å². The largest absolute Gasteiger partial charge is 0.308 e. The van der Waals surface area contributed by atoms with Gasteiger partial charge in [-0.2, -0.15) is 0 Å². The Labute approximate surface area is 315 Å². The Balaban J connectivity index is 1.26. The Morgan fingerprint density at radius 3 is 2.07 bits per heavy atom. The molecule has 0 radical (unpaired) electrons. The zero-order valence-corrected chi connectivity index (χ0v) is 30.1. The van der Waals surface area contributed by atoms with Gasteiger partial charge in [-0.05, 0) is 87.5 Å². The summed E-state index contributed by atoms with van der Waals surface area (Å²) in [6, 6.07) is 53.2. The molecule has 12 aromatic rings. The quantitative estimate of drug-likeness (QED) is 0.180. The van der Waals surface area contributed by atoms with Crippen molar-refractivity contribution >= 4 is 98.4 Å². The minimum absolute atomic E-state index is 0.340. The number of hydrogen-bond donors (Lipinski definition) is 0. The van der Waals surface area contributed by atoms with Gasteiger partial charge in [0.1, 0.15) is 5.82 Å². The van der Waals surface area contributed by atoms with Gasteiger partial charge in [-0.25, -0.2) is 9.97 Å². The molecule has 4 aromatic heterocycles. The summed E-state index contributed by atoms with van der Waals surface area (Å²) in [5.41, 5.74) is 10.7. The lowest BCUT2D eigenvalue weighted by molar-refractivity contribution is 0.774. The Hall–Kier alpha value is -7.04. The lowest BCUT2D eigenvalue weighted by Crippen LogP contribution is -2.07. The summed E-state index contributed by atoms with van der Waals surface area (Å²) in [7, 11) is 0. The van der Waals surface area contributed by atoms with E-state index in [9.17, 15) is 0 Å². The molecule has 4 heteroatoms. The third-order valence-corrected chi connectivity index (χ3v) is 12.4. The fourth-order valence-corrected chi connectivity index (χ4v) is 10.1. The van der Waals surface area contributed by atoms with Crippen LogP contribution in [0, 0.1) is 0 Å². The number of para-hydroxylation sites is 3. The average Bonchev–Trinajstić information content (AvgIpc) is 3.88. The summed E-state index contributed by atoms with van der Waals surface area (Å²) >= 11 is 0. The first kappa shape index (κ1) is 29.4. The van der Waals surface area contributed by atoms with Gasteiger partial charge in [-0.15, -0.1) is 0 Å². The average molecular weight is 701 g/mol. The molecule has 4 heterocycles. The first-order valence-electron chi connectivity index (χ1n) is 19.2. The molecule has 1 aliphatic carbocycles. The lowest BCUT2D eigenvalue weighted by atomic mass is 9.82. The maximum Gasteiger partial charge on any atom is 0.162 e. The van der Waals surface area contributed by atoms with Crippen LogP contribution in [0.5, 0.6) is 0 Å². The summed E-state index contributed by atoms with van der Waals surface area (Å²) in [6.07, 6.45) is 5.62. The van der Waals surface area contributed by atoms with E-state index in [4.69, 9.17) is 9.97 Å². The minimum Gasteiger partial charge on any atom is -0.308 e. The van der Waals surface area contributed by atoms with Gasteiger partial charge < -0.3 is 4.40 Å². The first-order valence-corrected chi connectivity index (χ1v) is 19.2. The van der Waals surface area contributed by atoms with Crippen molar-refractivity contribution in [1.82, 2.24) is 18.9 Å². The van der Waals surface area contributed by atoms with Gasteiger partial charge in [-0.1, -0.05) is 122 Å². The van der Waals surface area contributed by atoms with E-state index in [0.717, 1.165) is 45.6 Å². The van der Waals surface area contributed by atoms with E-state index in [-0.39, 0.29) is 0 Å². The third-order valence-electron chi connectivity index (χ3n) is 12.4. The molecule has 0 N–H and O–H groups in total. The summed E-state index contributed by atoms with van der Waals surface area (Å²) in [6.45, 7) is 2.34. The minimum atomic E-state index is 0.340. The number of allylic oxidation sites excluding steroid dienone is 1. The molecule has 256 valence electrons. The normalized spacial score (nSPS) is 14.7. The van der Waals surface area contributed by atoms with E-state index >= 15 is 0 Å². The Morgan fingerprint density at radius 2 is 1.22 bits per heavy atom. The zero-order valence-electron chi connectivity index (χ0n) is 30.1. The van der Waals surface area contributed by atoms with Crippen LogP contribution in [0.4, 0.5) is 0 Å². The van der Waals surface area contributed by atoms with E-state index in [1.54, 1.807) is 0 Å². The number of nitrogens with zero attached hydrogens (tertiary/aromatic N) is 4. The van der Waals surface area contributed by atoms with E-state index < -0.39 is 0 Å². The predicted octanol–water partition coefficient (Wildman–Crippen LogP) is 13.4. The fourth-order valence-electron chi connectivity index (χ4n) is 10.1. The van der Waals surface area contributed by atoms with Crippen LogP contribution in [-0.2, 0) is 0 Å². The SMILES string of the molecule is CC1CC=Cc2c1c(-c1nc(-n3c4ccc5ccccc5c4c4c5c6ccccc6n6c7ccccc7c(cc43)c56)c3ccccc3n1)cc1ccccc21. The van der Waals surface area contributed by atoms with Gasteiger partial charge in [0.15, 0.2) is 5.82 Å². The van der Waals surface area contributed by atoms with Crippen molar-refractivity contribution in [2.24, 2.45) is 0 Å². The van der Waals surface area contributed by atoms with Crippen LogP contribution in [0.1, 0.15) is 30.4 Å². The van der Waals surface area contributed by atoms with Crippen molar-refractivity contribution in [2.45, 2.75) is 19.3 Å². The van der Waals surface area contributed by atoms with Crippen LogP contribution in [0.2, 0.25) is 0 Å². The molecule has 0 spiro atoms. The highest BCUT2D eigenvalue weighted by atomic mass is 15.1. The van der Waals surface area contributed by atoms with Crippen LogP contribution in [-0.4, -0.2) is 18.9 Å². The second-order valence-electron chi connectivity index (χ2n) is 15.3. The van der Waals surface area contributed by atoms with Crippen molar-refractivity contribution in [1.29, 1.82) is 0 Å². The highest BCUT2D eigenvalue weighted by Crippen LogP contribution is 2.49. The van der Waals surface area contributed by atoms with Crippen LogP contribution in [0.3, 0.4) is 0 Å². The summed E-state index contributed by atoms with van der Waals surface area (Å²) in [4.78, 5) is 11.1. The van der Waals surface area contributed by atoms with Crippen LogP contribution >= 0.6 is 0 Å². The first-order chi connectivity index (χ1) is 27.2. The van der Waals surface area contributed by atoms with Gasteiger partial charge in [0.25, 0.3) is 0 Å². The van der Waals surface area contributed by atoms with Crippen LogP contribution in [0.25, 0.3) is 116 Å². The van der Waals surface area contributed by atoms with Gasteiger partial charge in [0.2, 0.25) is 0 Å². The molecule has 0 bridgehead atoms. The molecule has 0 fully saturated rings. The van der Waals surface area contributed by atoms with Crippen LogP contribution in [0.15, 0.2) is 152 Å². The summed E-state index contributed by atoms with van der Waals surface area (Å²) in [5, 5.41) is 13.6. The van der Waals surface area contributed by atoms with E-state index in [1.807, 2.05) is 0 Å². The Bertz CT molecular complexity index is 3660. The molecular weight excluding hydrogens is 669 g/mol. The zero-order chi connectivity index (χ0) is 35.9. The van der Waals surface area contributed by atoms with Gasteiger partial charge in [0.05, 0.1) is 33.1 Å². The number of aromatic nitrogens is 4. The summed E-state index contributed by atoms with van der Waals surface area (Å²) in [5.74, 6) is 2.01. The monoisotopic (exact) mass is 700 g/mol. The number of fused-ring (bicyclic) bond motifs is 16. The molecule has 8 aromatic carbocycles. The third kappa shape index (κ3) is 3.76. The molecule has 1 aliphatic rings. The standard InChI is InChI=1S/C51H32N4/c1-29-13-12-21-35-32-16-4-3-15-31(32)27-39(45(29)35)50-52-40-22-9-6-19-36(40)51(53-50)55-43-26-25-30-14-2-5-17-33(30)46(43)48-44(55)28-38-34-18-7-10-23-41(34)54-42-24-11-8-20-37(42)47(48)49(38)54/h2-12,14-29H,13H2,1H3. The molecule has 0 saturated heterocycles. The fraction of sp³-hybridized carbons (Fsp3) is 0.0588. The van der Waals surface area contributed by atoms with Crippen LogP contribution < -0.4 is 0 Å². The molecule has 4 nitrogen and oxygen atoms in total. The molecule has 0 aliphatic heterocycles. The van der Waals surface area contributed by atoms with Gasteiger partial charge in [0, 0.05) is 43.3 Å². The topological polar surface area (TPSA) is 35.1 Å². The molecular formula is C51H32N4. The molecule has 13 rings (SSSR count). The highest BCUT2D eigenvalue weighted by molar-refractivity contribution is 6.38. The summed E-state index contributed by atoms with van der Waals surface area (Å²) < 4.78 is 4.93. The molecule has 1 atom stereocenters. The van der Waals surface area contributed by atoms with E-state index in [1.165, 1.54) is 81.5 Å². The highest BCUT2D eigenvalue weighted by Gasteiger charge is 2.27. The Kier molecular flexibility index (Phi) is 5.64. The van der Waals surface area contributed by atoms with E-state index in [2.05, 4.69) is 174 Å². The number of benzene rings is 8. The second kappa shape index (κ2) is 10.6. The van der Waals surface area contributed by atoms with Crippen molar-refractivity contribution < 1.29 is 0 Å².